The van der Waals surface area contributed by atoms with E-state index in [-0.39, 0.29) is 5.57 Å². The van der Waals surface area contributed by atoms with Gasteiger partial charge in [0.05, 0.1) is 0 Å². The zero-order valence-corrected chi connectivity index (χ0v) is 17.1. The van der Waals surface area contributed by atoms with Crippen LogP contribution in [0.5, 0.6) is 0 Å². The van der Waals surface area contributed by atoms with Crippen molar-refractivity contribution in [2.24, 2.45) is 0 Å². The molecule has 0 spiro atoms. The average molecular weight is 412 g/mol. The molecule has 1 saturated carbocycles. The topological polar surface area (TPSA) is 84.1 Å². The summed E-state index contributed by atoms with van der Waals surface area (Å²) < 4.78 is 7.24. The highest BCUT2D eigenvalue weighted by Crippen LogP contribution is 2.38. The van der Waals surface area contributed by atoms with Crippen LogP contribution in [0.3, 0.4) is 0 Å². The smallest absolute Gasteiger partial charge is 0.349 e. The van der Waals surface area contributed by atoms with Gasteiger partial charge in [-0.05, 0) is 62.1 Å². The Morgan fingerprint density at radius 3 is 2.62 bits per heavy atom. The molecule has 1 aromatic heterocycles. The Labute approximate surface area is 174 Å². The van der Waals surface area contributed by atoms with Crippen LogP contribution in [0.2, 0.25) is 5.02 Å². The Morgan fingerprint density at radius 2 is 2.00 bits per heavy atom. The number of halogens is 1. The molecule has 6 nitrogen and oxygen atoms in total. The highest BCUT2D eigenvalue weighted by molar-refractivity contribution is 6.30. The van der Waals surface area contributed by atoms with Crippen molar-refractivity contribution in [2.45, 2.75) is 39.3 Å². The molecule has 7 heteroatoms. The second-order valence-electron chi connectivity index (χ2n) is 7.08. The van der Waals surface area contributed by atoms with Crippen LogP contribution in [0.25, 0.3) is 6.08 Å². The molecule has 0 unspecified atom stereocenters. The van der Waals surface area contributed by atoms with E-state index in [2.05, 4.69) is 9.88 Å². The van der Waals surface area contributed by atoms with Crippen LogP contribution in [0.15, 0.2) is 35.9 Å². The van der Waals surface area contributed by atoms with Gasteiger partial charge in [-0.15, -0.1) is 0 Å². The molecule has 0 saturated heterocycles. The van der Waals surface area contributed by atoms with Gasteiger partial charge in [-0.1, -0.05) is 23.7 Å². The number of esters is 1. The van der Waals surface area contributed by atoms with Crippen LogP contribution < -0.4 is 5.32 Å². The molecule has 1 N–H and O–H groups in total. The molecule has 1 aliphatic rings. The van der Waals surface area contributed by atoms with Crippen LogP contribution in [-0.2, 0) is 20.9 Å². The number of nitrogens with zero attached hydrogens (tertiary/aromatic N) is 2. The first kappa shape index (κ1) is 20.7. The van der Waals surface area contributed by atoms with Crippen LogP contribution in [-0.4, -0.2) is 23.1 Å². The maximum absolute atomic E-state index is 12.2. The number of nitriles is 1. The number of hydrogen-bond acceptors (Lipinski definition) is 4. The lowest BCUT2D eigenvalue weighted by Gasteiger charge is -2.07. The van der Waals surface area contributed by atoms with Crippen molar-refractivity contribution in [1.82, 2.24) is 9.88 Å². The molecule has 0 radical (unpaired) electrons. The molecule has 2 aromatic rings. The summed E-state index contributed by atoms with van der Waals surface area (Å²) in [5.41, 5.74) is 3.68. The van der Waals surface area contributed by atoms with Crippen LogP contribution >= 0.6 is 11.6 Å². The summed E-state index contributed by atoms with van der Waals surface area (Å²) in [5.74, 6) is -1.26. The van der Waals surface area contributed by atoms with Gasteiger partial charge < -0.3 is 14.6 Å². The van der Waals surface area contributed by atoms with E-state index in [1.165, 1.54) is 6.08 Å². The van der Waals surface area contributed by atoms with Gasteiger partial charge in [0.15, 0.2) is 6.61 Å². The van der Waals surface area contributed by atoms with Crippen molar-refractivity contribution in [3.05, 3.63) is 63.4 Å². The van der Waals surface area contributed by atoms with Crippen molar-refractivity contribution >= 4 is 29.6 Å². The van der Waals surface area contributed by atoms with Crippen molar-refractivity contribution < 1.29 is 14.3 Å². The normalized spacial score (nSPS) is 13.7. The monoisotopic (exact) mass is 411 g/mol. The van der Waals surface area contributed by atoms with Gasteiger partial charge in [0.2, 0.25) is 0 Å². The van der Waals surface area contributed by atoms with E-state index in [0.717, 1.165) is 35.4 Å². The minimum absolute atomic E-state index is 0.133. The van der Waals surface area contributed by atoms with Gasteiger partial charge in [-0.25, -0.2) is 4.79 Å². The van der Waals surface area contributed by atoms with Crippen LogP contribution in [0.4, 0.5) is 0 Å². The molecule has 1 amide bonds. The number of ether oxygens (including phenoxy) is 1. The molecule has 0 aliphatic heterocycles. The molecule has 1 aliphatic carbocycles. The number of aromatic nitrogens is 1. The zero-order valence-electron chi connectivity index (χ0n) is 16.4. The standard InChI is InChI=1S/C22H22ClN3O3/c1-14-9-17(15(2)26(14)20-7-8-20)10-18(11-24)22(28)29-13-21(27)25-12-16-3-5-19(23)6-4-16/h3-6,9-10,20H,7-8,12-13H2,1-2H3,(H,25,27)/b18-10+. The van der Waals surface area contributed by atoms with Gasteiger partial charge in [-0.3, -0.25) is 4.79 Å². The molecule has 29 heavy (non-hydrogen) atoms. The lowest BCUT2D eigenvalue weighted by Crippen LogP contribution is -2.28. The van der Waals surface area contributed by atoms with Gasteiger partial charge in [-0.2, -0.15) is 5.26 Å². The second-order valence-corrected chi connectivity index (χ2v) is 7.51. The highest BCUT2D eigenvalue weighted by Gasteiger charge is 2.27. The number of aryl methyl sites for hydroxylation is 1. The van der Waals surface area contributed by atoms with Gasteiger partial charge in [0.1, 0.15) is 11.6 Å². The third-order valence-electron chi connectivity index (χ3n) is 4.81. The molecule has 150 valence electrons. The van der Waals surface area contributed by atoms with Crippen LogP contribution in [0.1, 0.15) is 41.4 Å². The fourth-order valence-electron chi connectivity index (χ4n) is 3.20. The third-order valence-corrected chi connectivity index (χ3v) is 5.07. The minimum Gasteiger partial charge on any atom is -0.451 e. The minimum atomic E-state index is -0.814. The highest BCUT2D eigenvalue weighted by atomic mass is 35.5. The van der Waals surface area contributed by atoms with Gasteiger partial charge >= 0.3 is 5.97 Å². The number of benzene rings is 1. The molecule has 1 fully saturated rings. The quantitative estimate of drug-likeness (QED) is 0.426. The molecule has 0 atom stereocenters. The number of rotatable bonds is 7. The first-order valence-corrected chi connectivity index (χ1v) is 9.75. The van der Waals surface area contributed by atoms with E-state index >= 15 is 0 Å². The number of carbonyl (C=O) groups is 2. The fourth-order valence-corrected chi connectivity index (χ4v) is 3.32. The maximum Gasteiger partial charge on any atom is 0.349 e. The first-order valence-electron chi connectivity index (χ1n) is 9.37. The molecule has 1 aromatic carbocycles. The largest absolute Gasteiger partial charge is 0.451 e. The number of amides is 1. The van der Waals surface area contributed by atoms with Crippen molar-refractivity contribution in [3.8, 4) is 6.07 Å². The molecule has 1 heterocycles. The second kappa shape index (κ2) is 8.97. The molecule has 0 bridgehead atoms. The fraction of sp³-hybridized carbons (Fsp3) is 0.318. The summed E-state index contributed by atoms with van der Waals surface area (Å²) in [7, 11) is 0. The van der Waals surface area contributed by atoms with E-state index in [9.17, 15) is 14.9 Å². The number of nitrogens with one attached hydrogen (secondary N) is 1. The Bertz CT molecular complexity index is 996. The Kier molecular flexibility index (Phi) is 6.40. The summed E-state index contributed by atoms with van der Waals surface area (Å²) in [6.07, 6.45) is 3.82. The van der Waals surface area contributed by atoms with Gasteiger partial charge in [0.25, 0.3) is 5.91 Å². The Hall–Kier alpha value is -3.04. The number of hydrogen-bond donors (Lipinski definition) is 1. The molecular formula is C22H22ClN3O3. The summed E-state index contributed by atoms with van der Waals surface area (Å²) in [6, 6.07) is 11.4. The van der Waals surface area contributed by atoms with E-state index < -0.39 is 18.5 Å². The maximum atomic E-state index is 12.2. The number of carbonyl (C=O) groups excluding carboxylic acids is 2. The third kappa shape index (κ3) is 5.27. The summed E-state index contributed by atoms with van der Waals surface area (Å²) in [5, 5.41) is 12.6. The lowest BCUT2D eigenvalue weighted by molar-refractivity contribution is -0.144. The van der Waals surface area contributed by atoms with E-state index in [1.807, 2.05) is 26.0 Å². The van der Waals surface area contributed by atoms with E-state index in [4.69, 9.17) is 16.3 Å². The SMILES string of the molecule is Cc1cc(/C=C(\C#N)C(=O)OCC(=O)NCc2ccc(Cl)cc2)c(C)n1C1CC1. The van der Waals surface area contributed by atoms with Crippen LogP contribution in [0, 0.1) is 25.2 Å². The van der Waals surface area contributed by atoms with Crippen molar-refractivity contribution in [1.29, 1.82) is 5.26 Å². The predicted molar refractivity (Wildman–Crippen MR) is 110 cm³/mol. The molecule has 3 rings (SSSR count). The zero-order chi connectivity index (χ0) is 21.0. The van der Waals surface area contributed by atoms with Gasteiger partial charge in [0, 0.05) is 29.0 Å². The predicted octanol–water partition coefficient (Wildman–Crippen LogP) is 3.86. The first-order chi connectivity index (χ1) is 13.9. The van der Waals surface area contributed by atoms with Crippen molar-refractivity contribution in [3.63, 3.8) is 0 Å². The van der Waals surface area contributed by atoms with E-state index in [0.29, 0.717) is 17.6 Å². The van der Waals surface area contributed by atoms with E-state index in [1.54, 1.807) is 24.3 Å². The summed E-state index contributed by atoms with van der Waals surface area (Å²) in [4.78, 5) is 24.2. The Morgan fingerprint density at radius 1 is 1.31 bits per heavy atom. The average Bonchev–Trinajstić information content (AvgIpc) is 3.49. The molecular weight excluding hydrogens is 390 g/mol. The Balaban J connectivity index is 1.56. The van der Waals surface area contributed by atoms with Crippen molar-refractivity contribution in [2.75, 3.05) is 6.61 Å². The summed E-state index contributed by atoms with van der Waals surface area (Å²) in [6.45, 7) is 3.83. The summed E-state index contributed by atoms with van der Waals surface area (Å²) >= 11 is 5.82. The lowest BCUT2D eigenvalue weighted by atomic mass is 10.1.